The SMILES string of the molecule is C=C(CCCCCC=O)CC(O)CC1CCCC(C(=C/CC)/N=C/C=C/CCCCCC/C=C/C(=C/CC)N=CC)C1.CC.CC. The van der Waals surface area contributed by atoms with Gasteiger partial charge in [-0.15, -0.1) is 0 Å². The topological polar surface area (TPSA) is 62.0 Å². The smallest absolute Gasteiger partial charge is 0.119 e. The summed E-state index contributed by atoms with van der Waals surface area (Å²) in [6.07, 6.45) is 38.0. The van der Waals surface area contributed by atoms with Gasteiger partial charge < -0.3 is 9.90 Å². The van der Waals surface area contributed by atoms with Crippen molar-refractivity contribution in [3.05, 3.63) is 60.0 Å². The highest BCUT2D eigenvalue weighted by Crippen LogP contribution is 2.37. The van der Waals surface area contributed by atoms with Crippen LogP contribution in [0.4, 0.5) is 0 Å². The molecule has 46 heavy (non-hydrogen) atoms. The molecule has 1 aliphatic carbocycles. The first-order valence-corrected chi connectivity index (χ1v) is 19.1. The van der Waals surface area contributed by atoms with E-state index in [9.17, 15) is 9.90 Å². The van der Waals surface area contributed by atoms with Gasteiger partial charge in [0.2, 0.25) is 0 Å². The molecule has 4 heteroatoms. The summed E-state index contributed by atoms with van der Waals surface area (Å²) in [4.78, 5) is 19.7. The molecule has 0 aromatic rings. The van der Waals surface area contributed by atoms with Crippen LogP contribution in [0.1, 0.15) is 170 Å². The zero-order valence-corrected chi connectivity index (χ0v) is 31.3. The third kappa shape index (κ3) is 26.8. The standard InChI is InChI=1S/C38H62N2O2.2C2H6/c1-5-22-36(39-7-3)27-18-13-11-9-8-10-12-15-19-28-40-38(23-6-2)35-26-21-25-34(31-35)32-37(42)30-33(4)24-17-14-16-20-29-41;2*1-2/h7,15,18-19,22-23,27-29,34-35,37,42H,4-6,8-14,16-17,20-21,24-26,30-32H2,1-3H3;2*1-2H3/b19-15+,27-18+,36-22-,38-23-,39-7?,40-28+;;. The highest BCUT2D eigenvalue weighted by atomic mass is 16.3. The van der Waals surface area contributed by atoms with Gasteiger partial charge in [0.1, 0.15) is 6.29 Å². The van der Waals surface area contributed by atoms with E-state index in [2.05, 4.69) is 61.9 Å². The van der Waals surface area contributed by atoms with Crippen LogP contribution in [-0.2, 0) is 4.79 Å². The number of aldehydes is 1. The largest absolute Gasteiger partial charge is 0.393 e. The highest BCUT2D eigenvalue weighted by Gasteiger charge is 2.26. The molecule has 0 heterocycles. The lowest BCUT2D eigenvalue weighted by Crippen LogP contribution is -2.22. The van der Waals surface area contributed by atoms with Crippen LogP contribution in [0.3, 0.4) is 0 Å². The van der Waals surface area contributed by atoms with E-state index in [0.717, 1.165) is 81.8 Å². The van der Waals surface area contributed by atoms with E-state index in [1.807, 2.05) is 47.0 Å². The van der Waals surface area contributed by atoms with Crippen molar-refractivity contribution < 1.29 is 9.90 Å². The van der Waals surface area contributed by atoms with Crippen molar-refractivity contribution in [2.75, 3.05) is 0 Å². The van der Waals surface area contributed by atoms with Gasteiger partial charge in [-0.2, -0.15) is 0 Å². The number of hydrogen-bond donors (Lipinski definition) is 1. The van der Waals surface area contributed by atoms with E-state index < -0.39 is 0 Å². The number of allylic oxidation sites excluding steroid dienone is 7. The number of carbonyl (C=O) groups is 1. The molecule has 1 aliphatic rings. The van der Waals surface area contributed by atoms with Crippen molar-refractivity contribution in [1.29, 1.82) is 0 Å². The normalized spacial score (nSPS) is 18.1. The maximum atomic E-state index is 10.7. The predicted octanol–water partition coefficient (Wildman–Crippen LogP) is 12.9. The van der Waals surface area contributed by atoms with Crippen LogP contribution < -0.4 is 0 Å². The number of unbranched alkanes of at least 4 members (excludes halogenated alkanes) is 8. The predicted molar refractivity (Wildman–Crippen MR) is 207 cm³/mol. The summed E-state index contributed by atoms with van der Waals surface area (Å²) in [6.45, 7) is 18.5. The van der Waals surface area contributed by atoms with E-state index in [-0.39, 0.29) is 6.10 Å². The van der Waals surface area contributed by atoms with Crippen molar-refractivity contribution in [3.8, 4) is 0 Å². The molecule has 0 amide bonds. The first-order chi connectivity index (χ1) is 22.5. The summed E-state index contributed by atoms with van der Waals surface area (Å²) in [6, 6.07) is 0. The maximum Gasteiger partial charge on any atom is 0.119 e. The van der Waals surface area contributed by atoms with Crippen LogP contribution in [0, 0.1) is 11.8 Å². The maximum absolute atomic E-state index is 10.7. The quantitative estimate of drug-likeness (QED) is 0.0376. The van der Waals surface area contributed by atoms with Gasteiger partial charge in [0.05, 0.1) is 11.8 Å². The third-order valence-corrected chi connectivity index (χ3v) is 8.01. The Morgan fingerprint density at radius 2 is 1.52 bits per heavy atom. The molecule has 1 saturated carbocycles. The van der Waals surface area contributed by atoms with Crippen LogP contribution >= 0.6 is 0 Å². The Hall–Kier alpha value is -2.33. The van der Waals surface area contributed by atoms with Gasteiger partial charge in [-0.25, -0.2) is 0 Å². The number of aliphatic imine (C=N–C) groups is 2. The fourth-order valence-corrected chi connectivity index (χ4v) is 5.88. The number of aliphatic hydroxyl groups excluding tert-OH is 1. The number of nitrogens with zero attached hydrogens (tertiary/aromatic N) is 2. The van der Waals surface area contributed by atoms with Crippen molar-refractivity contribution >= 4 is 18.7 Å². The average molecular weight is 639 g/mol. The van der Waals surface area contributed by atoms with E-state index in [4.69, 9.17) is 4.99 Å². The summed E-state index contributed by atoms with van der Waals surface area (Å²) < 4.78 is 0. The number of hydrogen-bond acceptors (Lipinski definition) is 4. The molecule has 3 unspecified atom stereocenters. The molecule has 0 bridgehead atoms. The second-order valence-corrected chi connectivity index (χ2v) is 11.9. The fourth-order valence-electron chi connectivity index (χ4n) is 5.88. The van der Waals surface area contributed by atoms with Crippen LogP contribution in [0.5, 0.6) is 0 Å². The number of rotatable bonds is 24. The van der Waals surface area contributed by atoms with Crippen LogP contribution in [0.2, 0.25) is 0 Å². The van der Waals surface area contributed by atoms with Gasteiger partial charge in [0.25, 0.3) is 0 Å². The summed E-state index contributed by atoms with van der Waals surface area (Å²) in [5.74, 6) is 1.05. The van der Waals surface area contributed by atoms with Crippen molar-refractivity contribution in [2.45, 2.75) is 177 Å². The molecule has 3 atom stereocenters. The molecule has 0 radical (unpaired) electrons. The molecule has 0 spiro atoms. The zero-order chi connectivity index (χ0) is 34.7. The van der Waals surface area contributed by atoms with Crippen molar-refractivity contribution in [3.63, 3.8) is 0 Å². The summed E-state index contributed by atoms with van der Waals surface area (Å²) in [7, 11) is 0. The molecule has 1 rings (SSSR count). The molecule has 0 saturated heterocycles. The number of carbonyl (C=O) groups excluding carboxylic acids is 1. The van der Waals surface area contributed by atoms with Gasteiger partial charge in [-0.05, 0) is 108 Å². The summed E-state index contributed by atoms with van der Waals surface area (Å²) >= 11 is 0. The van der Waals surface area contributed by atoms with Gasteiger partial charge >= 0.3 is 0 Å². The zero-order valence-electron chi connectivity index (χ0n) is 31.3. The second-order valence-electron chi connectivity index (χ2n) is 11.9. The molecule has 4 nitrogen and oxygen atoms in total. The van der Waals surface area contributed by atoms with E-state index in [0.29, 0.717) is 24.7 Å². The summed E-state index contributed by atoms with van der Waals surface area (Å²) in [5, 5.41) is 10.7. The Bertz CT molecular complexity index is 893. The van der Waals surface area contributed by atoms with E-state index in [1.54, 1.807) is 0 Å². The second kappa shape index (κ2) is 35.5. The van der Waals surface area contributed by atoms with E-state index in [1.165, 1.54) is 50.6 Å². The Morgan fingerprint density at radius 3 is 2.17 bits per heavy atom. The average Bonchev–Trinajstić information content (AvgIpc) is 3.06. The minimum absolute atomic E-state index is 0.297. The van der Waals surface area contributed by atoms with Gasteiger partial charge in [0, 0.05) is 30.5 Å². The molecular formula is C42H74N2O2. The monoisotopic (exact) mass is 639 g/mol. The van der Waals surface area contributed by atoms with Gasteiger partial charge in [-0.3, -0.25) is 9.98 Å². The Kier molecular flexibility index (Phi) is 35.4. The first kappa shape index (κ1) is 45.8. The highest BCUT2D eigenvalue weighted by molar-refractivity contribution is 5.72. The molecule has 0 aromatic carbocycles. The minimum Gasteiger partial charge on any atom is -0.393 e. The van der Waals surface area contributed by atoms with Crippen molar-refractivity contribution in [2.24, 2.45) is 21.8 Å². The molecule has 1 N–H and O–H groups in total. The Labute approximate surface area is 286 Å². The van der Waals surface area contributed by atoms with Gasteiger partial charge in [0.15, 0.2) is 0 Å². The lowest BCUT2D eigenvalue weighted by molar-refractivity contribution is -0.107. The van der Waals surface area contributed by atoms with E-state index >= 15 is 0 Å². The molecule has 1 fully saturated rings. The Morgan fingerprint density at radius 1 is 0.870 bits per heavy atom. The van der Waals surface area contributed by atoms with Gasteiger partial charge in [-0.1, -0.05) is 110 Å². The molecule has 264 valence electrons. The van der Waals surface area contributed by atoms with Crippen LogP contribution in [0.15, 0.2) is 70.0 Å². The molecular weight excluding hydrogens is 564 g/mol. The summed E-state index contributed by atoms with van der Waals surface area (Å²) in [5.41, 5.74) is 3.45. The number of aliphatic hydroxyl groups is 1. The van der Waals surface area contributed by atoms with Crippen molar-refractivity contribution in [1.82, 2.24) is 0 Å². The fraction of sp³-hybridized carbons (Fsp3) is 0.690. The van der Waals surface area contributed by atoms with Crippen LogP contribution in [-0.4, -0.2) is 29.9 Å². The molecule has 0 aliphatic heterocycles. The minimum atomic E-state index is -0.297. The molecule has 0 aromatic heterocycles. The van der Waals surface area contributed by atoms with Crippen LogP contribution in [0.25, 0.3) is 0 Å². The lowest BCUT2D eigenvalue weighted by atomic mass is 9.77. The first-order valence-electron chi connectivity index (χ1n) is 19.1. The third-order valence-electron chi connectivity index (χ3n) is 8.01. The Balaban J connectivity index is 0. The lowest BCUT2D eigenvalue weighted by Gasteiger charge is -2.31.